The number of imide groups is 1. The van der Waals surface area contributed by atoms with Crippen LogP contribution in [0.15, 0.2) is 12.7 Å². The summed E-state index contributed by atoms with van der Waals surface area (Å²) in [4.78, 5) is 34.3. The third kappa shape index (κ3) is 1.49. The Morgan fingerprint density at radius 1 is 1.46 bits per heavy atom. The highest BCUT2D eigenvalue weighted by Crippen LogP contribution is 2.21. The van der Waals surface area contributed by atoms with Crippen molar-refractivity contribution >= 4 is 17.8 Å². The van der Waals surface area contributed by atoms with Gasteiger partial charge in [-0.15, -0.1) is 0 Å². The zero-order valence-electron chi connectivity index (χ0n) is 6.69. The molecule has 13 heavy (non-hydrogen) atoms. The number of amides is 2. The number of carbonyl (C=O) groups excluding carboxylic acids is 3. The number of hydrogen-bond donors (Lipinski definition) is 0. The Balaban J connectivity index is 2.85. The van der Waals surface area contributed by atoms with Crippen LogP contribution in [0.5, 0.6) is 0 Å². The summed E-state index contributed by atoms with van der Waals surface area (Å²) in [6.45, 7) is 3.04. The van der Waals surface area contributed by atoms with Gasteiger partial charge in [0.15, 0.2) is 0 Å². The molecule has 1 rings (SSSR count). The third-order valence-electron chi connectivity index (χ3n) is 1.59. The lowest BCUT2D eigenvalue weighted by molar-refractivity contribution is -0.914. The fourth-order valence-electron chi connectivity index (χ4n) is 0.913. The second kappa shape index (κ2) is 3.08. The zero-order chi connectivity index (χ0) is 10.1. The van der Waals surface area contributed by atoms with Gasteiger partial charge in [0.05, 0.1) is 12.8 Å². The Hall–Kier alpha value is -1.53. The first-order chi connectivity index (χ1) is 6.00. The van der Waals surface area contributed by atoms with E-state index < -0.39 is 22.6 Å². The second-order valence-corrected chi connectivity index (χ2v) is 2.45. The first-order valence-corrected chi connectivity index (χ1v) is 3.53. The molecule has 1 aliphatic rings. The number of rotatable bonds is 2. The molecule has 2 amide bonds. The maximum Gasteiger partial charge on any atom is 0.391 e. The van der Waals surface area contributed by atoms with E-state index in [1.54, 1.807) is 0 Å². The number of quaternary nitrogens is 1. The summed E-state index contributed by atoms with van der Waals surface area (Å²) in [7, 11) is 0. The van der Waals surface area contributed by atoms with E-state index in [1.807, 2.05) is 0 Å². The molecule has 0 spiro atoms. The highest BCUT2D eigenvalue weighted by Gasteiger charge is 2.47. The van der Waals surface area contributed by atoms with Crippen LogP contribution in [0.25, 0.3) is 0 Å². The van der Waals surface area contributed by atoms with Crippen molar-refractivity contribution in [3.05, 3.63) is 17.9 Å². The van der Waals surface area contributed by atoms with Crippen molar-refractivity contribution in [2.45, 2.75) is 12.8 Å². The minimum Gasteiger partial charge on any atom is -0.574 e. The lowest BCUT2D eigenvalue weighted by Gasteiger charge is -2.26. The van der Waals surface area contributed by atoms with E-state index in [2.05, 4.69) is 11.4 Å². The molecule has 1 aliphatic heterocycles. The van der Waals surface area contributed by atoms with Gasteiger partial charge in [-0.05, 0) is 4.81 Å². The highest BCUT2D eigenvalue weighted by atomic mass is 17.0. The molecular weight excluding hydrogens is 178 g/mol. The molecule has 0 atom stereocenters. The Labute approximate surface area is 73.5 Å². The number of hydrogen-bond acceptors (Lipinski definition) is 5. The van der Waals surface area contributed by atoms with E-state index in [0.29, 0.717) is 0 Å². The van der Waals surface area contributed by atoms with Gasteiger partial charge < -0.3 is 5.21 Å². The van der Waals surface area contributed by atoms with Crippen molar-refractivity contribution in [1.82, 2.24) is 0 Å². The predicted molar refractivity (Wildman–Crippen MR) is 39.2 cm³/mol. The summed E-state index contributed by atoms with van der Waals surface area (Å²) in [6, 6.07) is 0. The van der Waals surface area contributed by atoms with Gasteiger partial charge in [0, 0.05) is 6.08 Å². The molecule has 0 aliphatic carbocycles. The van der Waals surface area contributed by atoms with E-state index in [4.69, 9.17) is 0 Å². The quantitative estimate of drug-likeness (QED) is 0.257. The molecular formula is C7H7NO5. The zero-order valence-corrected chi connectivity index (χ0v) is 6.69. The van der Waals surface area contributed by atoms with E-state index in [0.717, 1.165) is 6.08 Å². The molecule has 0 aromatic rings. The van der Waals surface area contributed by atoms with Crippen LogP contribution in [0, 0.1) is 5.21 Å². The van der Waals surface area contributed by atoms with Crippen molar-refractivity contribution in [2.75, 3.05) is 0 Å². The Morgan fingerprint density at radius 2 is 1.92 bits per heavy atom. The summed E-state index contributed by atoms with van der Waals surface area (Å²) < 4.78 is 0. The standard InChI is InChI=1S/C7H7NO5/c1-2-7(11)13-8(12)5(9)3-4-6(8)10/h2H,1,3-4H2. The first-order valence-electron chi connectivity index (χ1n) is 3.53. The van der Waals surface area contributed by atoms with Crippen LogP contribution in [-0.4, -0.2) is 22.6 Å². The van der Waals surface area contributed by atoms with Crippen molar-refractivity contribution < 1.29 is 24.0 Å². The van der Waals surface area contributed by atoms with Crippen LogP contribution in [-0.2, 0) is 19.2 Å². The fraction of sp³-hybridized carbons (Fsp3) is 0.286. The maximum absolute atomic E-state index is 11.3. The molecule has 0 N–H and O–H groups in total. The Kier molecular flexibility index (Phi) is 2.26. The van der Waals surface area contributed by atoms with Gasteiger partial charge in [0.2, 0.25) is 0 Å². The molecule has 0 radical (unpaired) electrons. The van der Waals surface area contributed by atoms with Crippen LogP contribution in [0.3, 0.4) is 0 Å². The molecule has 1 fully saturated rings. The molecule has 1 heterocycles. The van der Waals surface area contributed by atoms with Gasteiger partial charge in [-0.3, -0.25) is 4.84 Å². The maximum atomic E-state index is 11.3. The smallest absolute Gasteiger partial charge is 0.391 e. The summed E-state index contributed by atoms with van der Waals surface area (Å²) in [5.74, 6) is -3.00. The van der Waals surface area contributed by atoms with Gasteiger partial charge in [0.1, 0.15) is 0 Å². The molecule has 6 heteroatoms. The van der Waals surface area contributed by atoms with E-state index in [9.17, 15) is 19.6 Å². The fourth-order valence-corrected chi connectivity index (χ4v) is 0.913. The molecule has 0 bridgehead atoms. The van der Waals surface area contributed by atoms with Gasteiger partial charge in [-0.1, -0.05) is 6.58 Å². The van der Waals surface area contributed by atoms with Crippen LogP contribution >= 0.6 is 0 Å². The lowest BCUT2D eigenvalue weighted by Crippen LogP contribution is -2.47. The lowest BCUT2D eigenvalue weighted by atomic mass is 10.4. The Morgan fingerprint density at radius 3 is 2.31 bits per heavy atom. The molecule has 6 nitrogen and oxygen atoms in total. The average Bonchev–Trinajstić information content (AvgIpc) is 2.33. The minimum atomic E-state index is -2.13. The minimum absolute atomic E-state index is 0.188. The number of carbonyl (C=O) groups is 3. The van der Waals surface area contributed by atoms with Gasteiger partial charge >= 0.3 is 17.8 Å². The van der Waals surface area contributed by atoms with Crippen LogP contribution in [0.2, 0.25) is 0 Å². The van der Waals surface area contributed by atoms with Crippen molar-refractivity contribution in [3.63, 3.8) is 0 Å². The van der Waals surface area contributed by atoms with Crippen LogP contribution in [0.4, 0.5) is 0 Å². The van der Waals surface area contributed by atoms with Crippen LogP contribution in [0.1, 0.15) is 12.8 Å². The highest BCUT2D eigenvalue weighted by molar-refractivity contribution is 5.93. The summed E-state index contributed by atoms with van der Waals surface area (Å²) in [5, 5.41) is 11.3. The van der Waals surface area contributed by atoms with Crippen molar-refractivity contribution in [1.29, 1.82) is 0 Å². The Bertz CT molecular complexity index is 279. The molecule has 0 aromatic heterocycles. The largest absolute Gasteiger partial charge is 0.574 e. The topological polar surface area (TPSA) is 83.5 Å². The third-order valence-corrected chi connectivity index (χ3v) is 1.59. The van der Waals surface area contributed by atoms with Gasteiger partial charge in [0.25, 0.3) is 0 Å². The van der Waals surface area contributed by atoms with Gasteiger partial charge in [-0.2, -0.15) is 0 Å². The van der Waals surface area contributed by atoms with E-state index in [-0.39, 0.29) is 12.8 Å². The molecule has 0 aromatic carbocycles. The summed E-state index contributed by atoms with van der Waals surface area (Å²) in [6.07, 6.45) is 0.344. The average molecular weight is 185 g/mol. The van der Waals surface area contributed by atoms with E-state index >= 15 is 0 Å². The molecule has 70 valence electrons. The van der Waals surface area contributed by atoms with Crippen LogP contribution < -0.4 is 0 Å². The monoisotopic (exact) mass is 185 g/mol. The summed E-state index contributed by atoms with van der Waals surface area (Å²) >= 11 is 0. The van der Waals surface area contributed by atoms with E-state index in [1.165, 1.54) is 0 Å². The van der Waals surface area contributed by atoms with Crippen molar-refractivity contribution in [2.24, 2.45) is 0 Å². The van der Waals surface area contributed by atoms with Crippen molar-refractivity contribution in [3.8, 4) is 0 Å². The molecule has 0 unspecified atom stereocenters. The predicted octanol–water partition coefficient (Wildman–Crippen LogP) is -0.208. The number of hydroxylamine groups is 4. The summed E-state index contributed by atoms with van der Waals surface area (Å²) in [5.41, 5.74) is 0. The molecule has 1 saturated heterocycles. The molecule has 0 saturated carbocycles. The first kappa shape index (κ1) is 9.56. The second-order valence-electron chi connectivity index (χ2n) is 2.45. The SMILES string of the molecule is C=CC(=O)O[N+]1([O-])C(=O)CCC1=O. The van der Waals surface area contributed by atoms with Gasteiger partial charge in [-0.25, -0.2) is 14.4 Å². The number of nitrogens with zero attached hydrogens (tertiary/aromatic N) is 1. The normalized spacial score (nSPS) is 20.1.